The van der Waals surface area contributed by atoms with Crippen LogP contribution in [0.5, 0.6) is 5.75 Å². The Bertz CT molecular complexity index is 400. The van der Waals surface area contributed by atoms with Gasteiger partial charge < -0.3 is 15.4 Å². The summed E-state index contributed by atoms with van der Waals surface area (Å²) in [6.07, 6.45) is 0.134. The predicted octanol–water partition coefficient (Wildman–Crippen LogP) is 3.93. The van der Waals surface area contributed by atoms with Crippen LogP contribution >= 0.6 is 0 Å². The molecule has 0 unspecified atom stereocenters. The van der Waals surface area contributed by atoms with Crippen LogP contribution in [0.15, 0.2) is 18.2 Å². The summed E-state index contributed by atoms with van der Waals surface area (Å²) in [5, 5.41) is 0. The van der Waals surface area contributed by atoms with E-state index in [-0.39, 0.29) is 6.10 Å². The van der Waals surface area contributed by atoms with Crippen LogP contribution < -0.4 is 15.4 Å². The molecule has 19 heavy (non-hydrogen) atoms. The number of hydrogen-bond acceptors (Lipinski definition) is 3. The highest BCUT2D eigenvalue weighted by Crippen LogP contribution is 2.30. The molecule has 0 aliphatic heterocycles. The first-order valence-corrected chi connectivity index (χ1v) is 7.14. The van der Waals surface area contributed by atoms with Gasteiger partial charge in [0.1, 0.15) is 5.75 Å². The Labute approximate surface area is 117 Å². The lowest BCUT2D eigenvalue weighted by atomic mass is 10.1. The largest absolute Gasteiger partial charge is 0.489 e. The van der Waals surface area contributed by atoms with Crippen molar-refractivity contribution in [1.29, 1.82) is 0 Å². The molecule has 1 aromatic rings. The molecule has 2 N–H and O–H groups in total. The Kier molecular flexibility index (Phi) is 5.52. The van der Waals surface area contributed by atoms with Crippen LogP contribution in [-0.2, 0) is 0 Å². The Morgan fingerprint density at radius 3 is 2.21 bits per heavy atom. The van der Waals surface area contributed by atoms with Crippen molar-refractivity contribution in [3.63, 3.8) is 0 Å². The lowest BCUT2D eigenvalue weighted by Crippen LogP contribution is -2.34. The fourth-order valence-electron chi connectivity index (χ4n) is 2.07. The van der Waals surface area contributed by atoms with Crippen molar-refractivity contribution in [2.24, 2.45) is 5.92 Å². The average molecular weight is 264 g/mol. The first-order valence-electron chi connectivity index (χ1n) is 7.14. The van der Waals surface area contributed by atoms with E-state index in [1.54, 1.807) is 0 Å². The third-order valence-corrected chi connectivity index (χ3v) is 2.88. The van der Waals surface area contributed by atoms with Crippen molar-refractivity contribution < 1.29 is 4.74 Å². The van der Waals surface area contributed by atoms with Gasteiger partial charge in [0.2, 0.25) is 0 Å². The molecule has 0 radical (unpaired) electrons. The van der Waals surface area contributed by atoms with E-state index in [2.05, 4.69) is 44.7 Å². The molecular weight excluding hydrogens is 236 g/mol. The number of nitrogen functional groups attached to an aromatic ring is 1. The molecule has 0 aliphatic rings. The van der Waals surface area contributed by atoms with Gasteiger partial charge >= 0.3 is 0 Å². The van der Waals surface area contributed by atoms with E-state index >= 15 is 0 Å². The van der Waals surface area contributed by atoms with E-state index in [0.29, 0.717) is 17.6 Å². The highest BCUT2D eigenvalue weighted by atomic mass is 16.5. The smallest absolute Gasteiger partial charge is 0.144 e. The zero-order chi connectivity index (χ0) is 14.6. The standard InChI is InChI=1S/C16H28N2O/c1-11(2)10-18(12(3)4)14-7-8-15(17)16(9-14)19-13(5)6/h7-9,11-13H,10,17H2,1-6H3. The van der Waals surface area contributed by atoms with Gasteiger partial charge in [-0.2, -0.15) is 0 Å². The van der Waals surface area contributed by atoms with Crippen LogP contribution in [0.25, 0.3) is 0 Å². The van der Waals surface area contributed by atoms with Gasteiger partial charge in [0.25, 0.3) is 0 Å². The van der Waals surface area contributed by atoms with Crippen molar-refractivity contribution in [3.05, 3.63) is 18.2 Å². The minimum absolute atomic E-state index is 0.134. The van der Waals surface area contributed by atoms with E-state index in [9.17, 15) is 0 Å². The summed E-state index contributed by atoms with van der Waals surface area (Å²) < 4.78 is 5.77. The molecule has 108 valence electrons. The zero-order valence-corrected chi connectivity index (χ0v) is 13.1. The second kappa shape index (κ2) is 6.69. The normalized spacial score (nSPS) is 11.4. The highest BCUT2D eigenvalue weighted by molar-refractivity contribution is 5.62. The number of hydrogen-bond donors (Lipinski definition) is 1. The summed E-state index contributed by atoms with van der Waals surface area (Å²) in [5.41, 5.74) is 7.85. The molecule has 1 aromatic carbocycles. The summed E-state index contributed by atoms with van der Waals surface area (Å²) in [7, 11) is 0. The molecule has 0 spiro atoms. The fraction of sp³-hybridized carbons (Fsp3) is 0.625. The molecule has 0 amide bonds. The molecule has 0 aliphatic carbocycles. The number of rotatable bonds is 6. The highest BCUT2D eigenvalue weighted by Gasteiger charge is 2.14. The van der Waals surface area contributed by atoms with Crippen molar-refractivity contribution >= 4 is 11.4 Å². The zero-order valence-electron chi connectivity index (χ0n) is 13.1. The molecule has 3 heteroatoms. The molecule has 0 saturated heterocycles. The van der Waals surface area contributed by atoms with Gasteiger partial charge in [-0.25, -0.2) is 0 Å². The SMILES string of the molecule is CC(C)CN(c1ccc(N)c(OC(C)C)c1)C(C)C. The molecule has 3 nitrogen and oxygen atoms in total. The fourth-order valence-corrected chi connectivity index (χ4v) is 2.07. The van der Waals surface area contributed by atoms with Crippen LogP contribution in [0.4, 0.5) is 11.4 Å². The van der Waals surface area contributed by atoms with Gasteiger partial charge in [-0.15, -0.1) is 0 Å². The van der Waals surface area contributed by atoms with Crippen LogP contribution in [0.2, 0.25) is 0 Å². The molecule has 0 bridgehead atoms. The number of nitrogens with two attached hydrogens (primary N) is 1. The Hall–Kier alpha value is -1.38. The topological polar surface area (TPSA) is 38.5 Å². The van der Waals surface area contributed by atoms with Crippen molar-refractivity contribution in [2.45, 2.75) is 53.7 Å². The van der Waals surface area contributed by atoms with E-state index in [1.807, 2.05) is 19.9 Å². The van der Waals surface area contributed by atoms with Gasteiger partial charge in [0, 0.05) is 24.3 Å². The van der Waals surface area contributed by atoms with Crippen molar-refractivity contribution in [3.8, 4) is 5.75 Å². The number of benzene rings is 1. The summed E-state index contributed by atoms with van der Waals surface area (Å²) in [5.74, 6) is 1.40. The van der Waals surface area contributed by atoms with Crippen LogP contribution in [-0.4, -0.2) is 18.7 Å². The maximum absolute atomic E-state index is 5.97. The van der Waals surface area contributed by atoms with Crippen molar-refractivity contribution in [2.75, 3.05) is 17.2 Å². The number of ether oxygens (including phenoxy) is 1. The molecule has 0 aromatic heterocycles. The quantitative estimate of drug-likeness (QED) is 0.791. The third-order valence-electron chi connectivity index (χ3n) is 2.88. The van der Waals surface area contributed by atoms with Gasteiger partial charge in [0.15, 0.2) is 0 Å². The summed E-state index contributed by atoms with van der Waals surface area (Å²) in [6, 6.07) is 6.52. The Balaban J connectivity index is 3.03. The van der Waals surface area contributed by atoms with E-state index in [4.69, 9.17) is 10.5 Å². The minimum atomic E-state index is 0.134. The Morgan fingerprint density at radius 2 is 1.74 bits per heavy atom. The van der Waals surface area contributed by atoms with Crippen LogP contribution in [0.3, 0.4) is 0 Å². The lowest BCUT2D eigenvalue weighted by Gasteiger charge is -2.31. The number of nitrogens with zero attached hydrogens (tertiary/aromatic N) is 1. The molecule has 0 atom stereocenters. The molecule has 1 rings (SSSR count). The molecule has 0 heterocycles. The first-order chi connectivity index (χ1) is 8.81. The lowest BCUT2D eigenvalue weighted by molar-refractivity contribution is 0.244. The number of anilines is 2. The maximum Gasteiger partial charge on any atom is 0.144 e. The van der Waals surface area contributed by atoms with Gasteiger partial charge in [-0.1, -0.05) is 13.8 Å². The summed E-state index contributed by atoms with van der Waals surface area (Å²) in [4.78, 5) is 2.39. The average Bonchev–Trinajstić information content (AvgIpc) is 2.28. The first kappa shape index (κ1) is 15.7. The maximum atomic E-state index is 5.97. The summed E-state index contributed by atoms with van der Waals surface area (Å²) in [6.45, 7) is 13.9. The summed E-state index contributed by atoms with van der Waals surface area (Å²) >= 11 is 0. The third kappa shape index (κ3) is 4.66. The van der Waals surface area contributed by atoms with E-state index in [0.717, 1.165) is 12.3 Å². The predicted molar refractivity (Wildman–Crippen MR) is 83.9 cm³/mol. The van der Waals surface area contributed by atoms with Crippen LogP contribution in [0.1, 0.15) is 41.5 Å². The second-order valence-electron chi connectivity index (χ2n) is 6.03. The monoisotopic (exact) mass is 264 g/mol. The van der Waals surface area contributed by atoms with Crippen molar-refractivity contribution in [1.82, 2.24) is 0 Å². The molecule has 0 saturated carbocycles. The minimum Gasteiger partial charge on any atom is -0.489 e. The second-order valence-corrected chi connectivity index (χ2v) is 6.03. The molecular formula is C16H28N2O. The van der Waals surface area contributed by atoms with E-state index < -0.39 is 0 Å². The molecule has 0 fully saturated rings. The Morgan fingerprint density at radius 1 is 1.11 bits per heavy atom. The van der Waals surface area contributed by atoms with Gasteiger partial charge in [0.05, 0.1) is 11.8 Å². The van der Waals surface area contributed by atoms with E-state index in [1.165, 1.54) is 5.69 Å². The van der Waals surface area contributed by atoms with Gasteiger partial charge in [-0.05, 0) is 45.7 Å². The van der Waals surface area contributed by atoms with Gasteiger partial charge in [-0.3, -0.25) is 0 Å². The van der Waals surface area contributed by atoms with Crippen LogP contribution in [0, 0.1) is 5.92 Å².